The van der Waals surface area contributed by atoms with E-state index in [1.807, 2.05) is 56.3 Å². The summed E-state index contributed by atoms with van der Waals surface area (Å²) >= 11 is 0. The maximum Gasteiger partial charge on any atom is 0.224 e. The number of nitrogens with zero attached hydrogens (tertiary/aromatic N) is 2. The molecule has 1 unspecified atom stereocenters. The van der Waals surface area contributed by atoms with E-state index in [9.17, 15) is 4.79 Å². The lowest BCUT2D eigenvalue weighted by Crippen LogP contribution is -2.30. The SMILES string of the molecule is COc1ccc(CC(=O)NC(C)c2nc3ccccc3n2CCOc2cc(C)ccc2C)cc1. The van der Waals surface area contributed by atoms with Gasteiger partial charge in [-0.25, -0.2) is 4.98 Å². The van der Waals surface area contributed by atoms with Crippen LogP contribution in [0.25, 0.3) is 11.0 Å². The van der Waals surface area contributed by atoms with Crippen LogP contribution in [0, 0.1) is 13.8 Å². The molecule has 4 aromatic rings. The van der Waals surface area contributed by atoms with Gasteiger partial charge in [-0.3, -0.25) is 4.79 Å². The molecule has 1 atom stereocenters. The third-order valence-corrected chi connectivity index (χ3v) is 5.89. The van der Waals surface area contributed by atoms with E-state index in [4.69, 9.17) is 14.5 Å². The number of benzene rings is 3. The van der Waals surface area contributed by atoms with Crippen LogP contribution in [0.3, 0.4) is 0 Å². The highest BCUT2D eigenvalue weighted by Gasteiger charge is 2.19. The summed E-state index contributed by atoms with van der Waals surface area (Å²) in [5, 5.41) is 3.10. The highest BCUT2D eigenvalue weighted by molar-refractivity contribution is 5.79. The molecule has 6 heteroatoms. The first-order chi connectivity index (χ1) is 16.4. The fourth-order valence-electron chi connectivity index (χ4n) is 4.06. The summed E-state index contributed by atoms with van der Waals surface area (Å²) in [4.78, 5) is 17.6. The summed E-state index contributed by atoms with van der Waals surface area (Å²) in [7, 11) is 1.63. The van der Waals surface area contributed by atoms with Crippen molar-refractivity contribution < 1.29 is 14.3 Å². The Labute approximate surface area is 200 Å². The molecule has 3 aromatic carbocycles. The van der Waals surface area contributed by atoms with Gasteiger partial charge in [-0.15, -0.1) is 0 Å². The number of methoxy groups -OCH3 is 1. The van der Waals surface area contributed by atoms with Gasteiger partial charge in [-0.1, -0.05) is 36.4 Å². The predicted octanol–water partition coefficient (Wildman–Crippen LogP) is 5.16. The van der Waals surface area contributed by atoms with Crippen LogP contribution in [0.15, 0.2) is 66.7 Å². The summed E-state index contributed by atoms with van der Waals surface area (Å²) in [6.07, 6.45) is 0.296. The number of hydrogen-bond acceptors (Lipinski definition) is 4. The van der Waals surface area contributed by atoms with Crippen LogP contribution < -0.4 is 14.8 Å². The summed E-state index contributed by atoms with van der Waals surface area (Å²) in [6.45, 7) is 7.21. The molecule has 0 saturated carbocycles. The Balaban J connectivity index is 1.48. The summed E-state index contributed by atoms with van der Waals surface area (Å²) in [5.41, 5.74) is 5.14. The Bertz CT molecular complexity index is 1280. The molecular formula is C28H31N3O3. The molecule has 0 spiro atoms. The van der Waals surface area contributed by atoms with Gasteiger partial charge in [0.25, 0.3) is 0 Å². The molecule has 0 aliphatic heterocycles. The molecule has 0 bridgehead atoms. The molecular weight excluding hydrogens is 426 g/mol. The van der Waals surface area contributed by atoms with Crippen molar-refractivity contribution in [3.63, 3.8) is 0 Å². The van der Waals surface area contributed by atoms with Crippen molar-refractivity contribution in [2.24, 2.45) is 0 Å². The zero-order valence-electron chi connectivity index (χ0n) is 20.2. The maximum absolute atomic E-state index is 12.7. The maximum atomic E-state index is 12.7. The van der Waals surface area contributed by atoms with Gasteiger partial charge >= 0.3 is 0 Å². The van der Waals surface area contributed by atoms with Crippen LogP contribution in [-0.2, 0) is 17.8 Å². The minimum Gasteiger partial charge on any atom is -0.497 e. The molecule has 0 radical (unpaired) electrons. The molecule has 6 nitrogen and oxygen atoms in total. The first-order valence-electron chi connectivity index (χ1n) is 11.5. The van der Waals surface area contributed by atoms with Crippen molar-refractivity contribution in [2.75, 3.05) is 13.7 Å². The van der Waals surface area contributed by atoms with Crippen molar-refractivity contribution >= 4 is 16.9 Å². The van der Waals surface area contributed by atoms with Gasteiger partial charge < -0.3 is 19.4 Å². The largest absolute Gasteiger partial charge is 0.497 e. The molecule has 1 aromatic heterocycles. The van der Waals surface area contributed by atoms with E-state index in [0.717, 1.165) is 39.5 Å². The van der Waals surface area contributed by atoms with Gasteiger partial charge in [0.05, 0.1) is 37.2 Å². The molecule has 0 fully saturated rings. The predicted molar refractivity (Wildman–Crippen MR) is 134 cm³/mol. The van der Waals surface area contributed by atoms with Crippen molar-refractivity contribution in [3.05, 3.63) is 89.2 Å². The Morgan fingerprint density at radius 2 is 1.82 bits per heavy atom. The lowest BCUT2D eigenvalue weighted by atomic mass is 10.1. The standard InChI is InChI=1S/C28H31N3O3/c1-19-9-10-20(2)26(17-19)34-16-15-31-25-8-6-5-7-24(25)30-28(31)21(3)29-27(32)18-22-11-13-23(33-4)14-12-22/h5-14,17,21H,15-16,18H2,1-4H3,(H,29,32). The molecule has 0 aliphatic rings. The fourth-order valence-corrected chi connectivity index (χ4v) is 4.06. The second-order valence-electron chi connectivity index (χ2n) is 8.54. The molecule has 34 heavy (non-hydrogen) atoms. The zero-order valence-corrected chi connectivity index (χ0v) is 20.2. The molecule has 176 valence electrons. The van der Waals surface area contributed by atoms with E-state index < -0.39 is 0 Å². The van der Waals surface area contributed by atoms with E-state index >= 15 is 0 Å². The number of carbonyl (C=O) groups excluding carboxylic acids is 1. The molecule has 0 aliphatic carbocycles. The van der Waals surface area contributed by atoms with Crippen LogP contribution >= 0.6 is 0 Å². The van der Waals surface area contributed by atoms with Crippen molar-refractivity contribution in [1.29, 1.82) is 0 Å². The van der Waals surface area contributed by atoms with Gasteiger partial charge in [0.15, 0.2) is 0 Å². The van der Waals surface area contributed by atoms with Crippen LogP contribution in [0.4, 0.5) is 0 Å². The van der Waals surface area contributed by atoms with Crippen LogP contribution in [0.1, 0.15) is 35.5 Å². The van der Waals surface area contributed by atoms with Crippen molar-refractivity contribution in [2.45, 2.75) is 39.8 Å². The number of imidazole rings is 1. The Kier molecular flexibility index (Phi) is 7.16. The van der Waals surface area contributed by atoms with Crippen molar-refractivity contribution in [3.8, 4) is 11.5 Å². The Hall–Kier alpha value is -3.80. The first-order valence-corrected chi connectivity index (χ1v) is 11.5. The second-order valence-corrected chi connectivity index (χ2v) is 8.54. The molecule has 0 saturated heterocycles. The normalized spacial score (nSPS) is 11.9. The molecule has 1 N–H and O–H groups in total. The monoisotopic (exact) mass is 457 g/mol. The number of para-hydroxylation sites is 2. The number of carbonyl (C=O) groups is 1. The number of aromatic nitrogens is 2. The second kappa shape index (κ2) is 10.4. The lowest BCUT2D eigenvalue weighted by Gasteiger charge is -2.17. The zero-order chi connectivity index (χ0) is 24.1. The molecule has 4 rings (SSSR count). The summed E-state index contributed by atoms with van der Waals surface area (Å²) in [6, 6.07) is 21.5. The van der Waals surface area contributed by atoms with Crippen molar-refractivity contribution in [1.82, 2.24) is 14.9 Å². The van der Waals surface area contributed by atoms with Gasteiger partial charge in [-0.2, -0.15) is 0 Å². The highest BCUT2D eigenvalue weighted by atomic mass is 16.5. The third-order valence-electron chi connectivity index (χ3n) is 5.89. The minimum atomic E-state index is -0.251. The number of aryl methyl sites for hydroxylation is 2. The third kappa shape index (κ3) is 5.39. The number of fused-ring (bicyclic) bond motifs is 1. The van der Waals surface area contributed by atoms with E-state index in [0.29, 0.717) is 19.6 Å². The van der Waals surface area contributed by atoms with E-state index in [2.05, 4.69) is 41.1 Å². The van der Waals surface area contributed by atoms with Crippen LogP contribution in [-0.4, -0.2) is 29.2 Å². The van der Waals surface area contributed by atoms with Gasteiger partial charge in [-0.05, 0) is 67.8 Å². The van der Waals surface area contributed by atoms with E-state index in [1.165, 1.54) is 5.56 Å². The van der Waals surface area contributed by atoms with Gasteiger partial charge in [0, 0.05) is 0 Å². The van der Waals surface area contributed by atoms with Gasteiger partial charge in [0.1, 0.15) is 23.9 Å². The average molecular weight is 458 g/mol. The number of amides is 1. The Morgan fingerprint density at radius 1 is 1.06 bits per heavy atom. The van der Waals surface area contributed by atoms with Gasteiger partial charge in [0.2, 0.25) is 5.91 Å². The number of ether oxygens (including phenoxy) is 2. The molecule has 1 amide bonds. The lowest BCUT2D eigenvalue weighted by molar-refractivity contribution is -0.121. The van der Waals surface area contributed by atoms with E-state index in [-0.39, 0.29) is 11.9 Å². The first kappa shape index (κ1) is 23.4. The molecule has 1 heterocycles. The number of rotatable bonds is 9. The Morgan fingerprint density at radius 3 is 2.59 bits per heavy atom. The average Bonchev–Trinajstić information content (AvgIpc) is 3.20. The summed E-state index contributed by atoms with van der Waals surface area (Å²) in [5.74, 6) is 2.43. The van der Waals surface area contributed by atoms with E-state index in [1.54, 1.807) is 7.11 Å². The smallest absolute Gasteiger partial charge is 0.224 e. The van der Waals surface area contributed by atoms with Crippen LogP contribution in [0.5, 0.6) is 11.5 Å². The number of hydrogen-bond donors (Lipinski definition) is 1. The minimum absolute atomic E-state index is 0.0529. The fraction of sp³-hybridized carbons (Fsp3) is 0.286. The van der Waals surface area contributed by atoms with Crippen LogP contribution in [0.2, 0.25) is 0 Å². The highest BCUT2D eigenvalue weighted by Crippen LogP contribution is 2.23. The topological polar surface area (TPSA) is 65.4 Å². The number of nitrogens with one attached hydrogen (secondary N) is 1. The quantitative estimate of drug-likeness (QED) is 0.377. The summed E-state index contributed by atoms with van der Waals surface area (Å²) < 4.78 is 13.4.